The molecule has 27 heavy (non-hydrogen) atoms. The van der Waals surface area contributed by atoms with E-state index in [9.17, 15) is 4.79 Å². The van der Waals surface area contributed by atoms with Gasteiger partial charge in [-0.25, -0.2) is 9.97 Å². The molecule has 1 amide bonds. The molecule has 6 heteroatoms. The third-order valence-corrected chi connectivity index (χ3v) is 4.87. The fourth-order valence-corrected chi connectivity index (χ4v) is 3.23. The fourth-order valence-electron chi connectivity index (χ4n) is 3.23. The molecule has 0 spiro atoms. The molecule has 0 radical (unpaired) electrons. The van der Waals surface area contributed by atoms with Crippen molar-refractivity contribution in [1.29, 1.82) is 0 Å². The van der Waals surface area contributed by atoms with Crippen molar-refractivity contribution < 1.29 is 4.79 Å². The van der Waals surface area contributed by atoms with Crippen LogP contribution in [-0.2, 0) is 6.54 Å². The van der Waals surface area contributed by atoms with Gasteiger partial charge in [0.05, 0.1) is 12.4 Å². The zero-order chi connectivity index (χ0) is 18.9. The highest BCUT2D eigenvalue weighted by molar-refractivity contribution is 5.92. The Morgan fingerprint density at radius 2 is 1.81 bits per heavy atom. The Balaban J connectivity index is 1.46. The number of amides is 1. The first-order chi connectivity index (χ1) is 13.3. The molecule has 1 fully saturated rings. The number of carbonyl (C=O) groups excluding carboxylic acids is 1. The molecule has 0 bridgehead atoms. The Hall–Kier alpha value is -2.47. The van der Waals surface area contributed by atoms with E-state index in [-0.39, 0.29) is 5.91 Å². The minimum atomic E-state index is -0.0283. The molecule has 3 rings (SSSR count). The van der Waals surface area contributed by atoms with Crippen LogP contribution in [0, 0.1) is 0 Å². The normalized spacial score (nSPS) is 14.9. The predicted octanol–water partition coefficient (Wildman–Crippen LogP) is 3.04. The Morgan fingerprint density at radius 3 is 2.48 bits per heavy atom. The number of nitrogens with one attached hydrogen (secondary N) is 1. The molecule has 1 aromatic heterocycles. The molecule has 1 aliphatic rings. The summed E-state index contributed by atoms with van der Waals surface area (Å²) in [6.07, 6.45) is 6.75. The van der Waals surface area contributed by atoms with Gasteiger partial charge in [-0.15, -0.1) is 0 Å². The summed E-state index contributed by atoms with van der Waals surface area (Å²) in [5, 5.41) is 3.25. The second-order valence-corrected chi connectivity index (χ2v) is 6.97. The average molecular weight is 367 g/mol. The maximum atomic E-state index is 12.7. The van der Waals surface area contributed by atoms with Gasteiger partial charge in [-0.3, -0.25) is 9.69 Å². The van der Waals surface area contributed by atoms with Crippen LogP contribution in [0.1, 0.15) is 42.2 Å². The van der Waals surface area contributed by atoms with Crippen molar-refractivity contribution in [2.45, 2.75) is 32.7 Å². The third-order valence-electron chi connectivity index (χ3n) is 4.87. The second kappa shape index (κ2) is 10.0. The van der Waals surface area contributed by atoms with E-state index in [4.69, 9.17) is 0 Å². The minimum absolute atomic E-state index is 0.0283. The Kier molecular flexibility index (Phi) is 7.16. The Labute approximate surface area is 161 Å². The van der Waals surface area contributed by atoms with Gasteiger partial charge in [0.1, 0.15) is 11.5 Å². The van der Waals surface area contributed by atoms with Gasteiger partial charge in [-0.2, -0.15) is 0 Å². The summed E-state index contributed by atoms with van der Waals surface area (Å²) in [6.45, 7) is 7.22. The van der Waals surface area contributed by atoms with Gasteiger partial charge in [0.2, 0.25) is 0 Å². The number of piperazine rings is 1. The molecular formula is C21H29N5O. The molecule has 0 atom stereocenters. The van der Waals surface area contributed by atoms with Crippen molar-refractivity contribution in [3.63, 3.8) is 0 Å². The molecule has 1 aromatic carbocycles. The summed E-state index contributed by atoms with van der Waals surface area (Å²) in [7, 11) is 0. The number of anilines is 1. The van der Waals surface area contributed by atoms with Crippen LogP contribution in [0.2, 0.25) is 0 Å². The summed E-state index contributed by atoms with van der Waals surface area (Å²) in [6, 6.07) is 10.5. The van der Waals surface area contributed by atoms with Crippen molar-refractivity contribution in [2.24, 2.45) is 0 Å². The number of hydrogen-bond donors (Lipinski definition) is 1. The van der Waals surface area contributed by atoms with Gasteiger partial charge >= 0.3 is 0 Å². The van der Waals surface area contributed by atoms with Crippen molar-refractivity contribution in [3.05, 3.63) is 54.0 Å². The molecule has 0 unspecified atom stereocenters. The summed E-state index contributed by atoms with van der Waals surface area (Å²) in [5.74, 6) is 0.703. The summed E-state index contributed by atoms with van der Waals surface area (Å²) in [5.41, 5.74) is 1.73. The lowest BCUT2D eigenvalue weighted by Crippen LogP contribution is -2.48. The zero-order valence-corrected chi connectivity index (χ0v) is 16.1. The molecule has 0 aliphatic carbocycles. The maximum absolute atomic E-state index is 12.7. The van der Waals surface area contributed by atoms with E-state index in [1.807, 2.05) is 11.0 Å². The van der Waals surface area contributed by atoms with E-state index in [2.05, 4.69) is 51.4 Å². The molecule has 1 aliphatic heterocycles. The van der Waals surface area contributed by atoms with Crippen LogP contribution in [0.3, 0.4) is 0 Å². The van der Waals surface area contributed by atoms with Crippen LogP contribution in [0.25, 0.3) is 0 Å². The van der Waals surface area contributed by atoms with Crippen molar-refractivity contribution in [2.75, 3.05) is 38.0 Å². The number of benzene rings is 1. The Morgan fingerprint density at radius 1 is 1.04 bits per heavy atom. The highest BCUT2D eigenvalue weighted by atomic mass is 16.2. The summed E-state index contributed by atoms with van der Waals surface area (Å²) in [4.78, 5) is 25.6. The van der Waals surface area contributed by atoms with Gasteiger partial charge in [-0.1, -0.05) is 50.1 Å². The van der Waals surface area contributed by atoms with Crippen LogP contribution in [0.5, 0.6) is 0 Å². The van der Waals surface area contributed by atoms with E-state index in [0.29, 0.717) is 5.69 Å². The molecule has 1 N–H and O–H groups in total. The van der Waals surface area contributed by atoms with Gasteiger partial charge in [0, 0.05) is 39.3 Å². The van der Waals surface area contributed by atoms with Crippen LogP contribution in [0.4, 0.5) is 5.82 Å². The summed E-state index contributed by atoms with van der Waals surface area (Å²) >= 11 is 0. The van der Waals surface area contributed by atoms with Crippen LogP contribution < -0.4 is 5.32 Å². The lowest BCUT2D eigenvalue weighted by Gasteiger charge is -2.34. The largest absolute Gasteiger partial charge is 0.369 e. The molecule has 6 nitrogen and oxygen atoms in total. The fraction of sp³-hybridized carbons (Fsp3) is 0.476. The highest BCUT2D eigenvalue weighted by Gasteiger charge is 2.23. The quantitative estimate of drug-likeness (QED) is 0.727. The SMILES string of the molecule is CCCCCNc1cnc(C(=O)N2CCN(Cc3ccccc3)CC2)cn1. The Bertz CT molecular complexity index is 696. The van der Waals surface area contributed by atoms with Crippen LogP contribution >= 0.6 is 0 Å². The van der Waals surface area contributed by atoms with E-state index in [1.165, 1.54) is 18.4 Å². The molecule has 144 valence electrons. The number of nitrogens with zero attached hydrogens (tertiary/aromatic N) is 4. The van der Waals surface area contributed by atoms with Gasteiger partial charge < -0.3 is 10.2 Å². The van der Waals surface area contributed by atoms with E-state index in [0.717, 1.165) is 51.5 Å². The molecule has 2 aromatic rings. The highest BCUT2D eigenvalue weighted by Crippen LogP contribution is 2.11. The molecular weight excluding hydrogens is 338 g/mol. The first-order valence-corrected chi connectivity index (χ1v) is 9.87. The number of carbonyl (C=O) groups is 1. The second-order valence-electron chi connectivity index (χ2n) is 6.97. The van der Waals surface area contributed by atoms with Crippen LogP contribution in [0.15, 0.2) is 42.7 Å². The third kappa shape index (κ3) is 5.76. The van der Waals surface area contributed by atoms with Gasteiger partial charge in [-0.05, 0) is 12.0 Å². The number of unbranched alkanes of at least 4 members (excludes halogenated alkanes) is 2. The number of aromatic nitrogens is 2. The predicted molar refractivity (Wildman–Crippen MR) is 108 cm³/mol. The lowest BCUT2D eigenvalue weighted by molar-refractivity contribution is 0.0622. The topological polar surface area (TPSA) is 61.4 Å². The first-order valence-electron chi connectivity index (χ1n) is 9.87. The van der Waals surface area contributed by atoms with E-state index >= 15 is 0 Å². The molecule has 1 saturated heterocycles. The monoisotopic (exact) mass is 367 g/mol. The van der Waals surface area contributed by atoms with Crippen molar-refractivity contribution >= 4 is 11.7 Å². The molecule has 2 heterocycles. The zero-order valence-electron chi connectivity index (χ0n) is 16.1. The van der Waals surface area contributed by atoms with Gasteiger partial charge in [0.25, 0.3) is 5.91 Å². The average Bonchev–Trinajstić information content (AvgIpc) is 2.72. The van der Waals surface area contributed by atoms with E-state index < -0.39 is 0 Å². The smallest absolute Gasteiger partial charge is 0.274 e. The number of rotatable bonds is 8. The lowest BCUT2D eigenvalue weighted by atomic mass is 10.2. The molecule has 0 saturated carbocycles. The standard InChI is InChI=1S/C21H29N5O/c1-2-3-7-10-22-20-16-23-19(15-24-20)21(27)26-13-11-25(12-14-26)17-18-8-5-4-6-9-18/h4-6,8-9,15-16H,2-3,7,10-14,17H2,1H3,(H,22,24). The van der Waals surface area contributed by atoms with E-state index in [1.54, 1.807) is 12.4 Å². The van der Waals surface area contributed by atoms with Gasteiger partial charge in [0.15, 0.2) is 0 Å². The van der Waals surface area contributed by atoms with Crippen molar-refractivity contribution in [3.8, 4) is 0 Å². The summed E-state index contributed by atoms with van der Waals surface area (Å²) < 4.78 is 0. The number of hydrogen-bond acceptors (Lipinski definition) is 5. The van der Waals surface area contributed by atoms with Crippen molar-refractivity contribution in [1.82, 2.24) is 19.8 Å². The van der Waals surface area contributed by atoms with Crippen LogP contribution in [-0.4, -0.2) is 58.4 Å². The maximum Gasteiger partial charge on any atom is 0.274 e. The first kappa shape index (κ1) is 19.3. The minimum Gasteiger partial charge on any atom is -0.369 e.